The van der Waals surface area contributed by atoms with Gasteiger partial charge in [-0.25, -0.2) is 9.97 Å². The van der Waals surface area contributed by atoms with Gasteiger partial charge < -0.3 is 14.7 Å². The van der Waals surface area contributed by atoms with Gasteiger partial charge in [-0.05, 0) is 24.8 Å². The highest BCUT2D eigenvalue weighted by atomic mass is 16.6. The van der Waals surface area contributed by atoms with E-state index in [0.29, 0.717) is 12.5 Å². The molecule has 2 aliphatic heterocycles. The van der Waals surface area contributed by atoms with Crippen molar-refractivity contribution in [3.8, 4) is 0 Å². The van der Waals surface area contributed by atoms with Gasteiger partial charge in [0.1, 0.15) is 6.10 Å². The van der Waals surface area contributed by atoms with Crippen LogP contribution in [-0.4, -0.2) is 70.9 Å². The average molecular weight is 413 g/mol. The molecule has 162 valence electrons. The molecule has 0 aromatic carbocycles. The monoisotopic (exact) mass is 412 g/mol. The Morgan fingerprint density at radius 1 is 1.23 bits per heavy atom. The Labute approximate surface area is 178 Å². The number of piperazine rings is 1. The van der Waals surface area contributed by atoms with E-state index >= 15 is 0 Å². The van der Waals surface area contributed by atoms with Crippen LogP contribution in [0.1, 0.15) is 33.1 Å². The molecule has 3 heterocycles. The van der Waals surface area contributed by atoms with Crippen LogP contribution in [0.5, 0.6) is 0 Å². The molecule has 7 heteroatoms. The first-order valence-electron chi connectivity index (χ1n) is 11.3. The van der Waals surface area contributed by atoms with Crippen LogP contribution in [0.15, 0.2) is 30.1 Å². The second-order valence-electron chi connectivity index (χ2n) is 9.64. The molecule has 1 aromatic rings. The molecule has 0 unspecified atom stereocenters. The lowest BCUT2D eigenvalue weighted by atomic mass is 9.55. The Kier molecular flexibility index (Phi) is 5.06. The summed E-state index contributed by atoms with van der Waals surface area (Å²) in [6, 6.07) is 1.83. The minimum absolute atomic E-state index is 0.115. The van der Waals surface area contributed by atoms with Crippen LogP contribution < -0.4 is 4.90 Å². The first kappa shape index (κ1) is 19.9. The van der Waals surface area contributed by atoms with Crippen LogP contribution in [-0.2, 0) is 9.53 Å². The predicted octanol–water partition coefficient (Wildman–Crippen LogP) is 1.88. The summed E-state index contributed by atoms with van der Waals surface area (Å²) in [7, 11) is 0. The first-order valence-corrected chi connectivity index (χ1v) is 11.3. The number of carbonyl (C=O) groups excluding carboxylic acids is 1. The Bertz CT molecular complexity index is 823. The number of rotatable bonds is 3. The van der Waals surface area contributed by atoms with Crippen LogP contribution in [0.25, 0.3) is 0 Å². The van der Waals surface area contributed by atoms with E-state index in [-0.39, 0.29) is 29.3 Å². The summed E-state index contributed by atoms with van der Waals surface area (Å²) < 4.78 is 5.81. The summed E-state index contributed by atoms with van der Waals surface area (Å²) in [4.78, 5) is 26.0. The minimum Gasteiger partial charge on any atom is -0.461 e. The van der Waals surface area contributed by atoms with Gasteiger partial charge in [-0.2, -0.15) is 0 Å². The van der Waals surface area contributed by atoms with Crippen molar-refractivity contribution in [1.82, 2.24) is 14.9 Å². The Hall–Kier alpha value is -1.99. The number of hydrogen-bond donors (Lipinski definition) is 1. The van der Waals surface area contributed by atoms with Crippen molar-refractivity contribution in [2.24, 2.45) is 23.2 Å². The third-order valence-electron chi connectivity index (χ3n) is 8.23. The first-order chi connectivity index (χ1) is 14.5. The highest BCUT2D eigenvalue weighted by molar-refractivity contribution is 5.76. The molecule has 0 amide bonds. The van der Waals surface area contributed by atoms with Crippen LogP contribution >= 0.6 is 0 Å². The normalized spacial score (nSPS) is 39.2. The fourth-order valence-corrected chi connectivity index (χ4v) is 6.14. The Morgan fingerprint density at radius 3 is 2.70 bits per heavy atom. The topological polar surface area (TPSA) is 78.8 Å². The van der Waals surface area contributed by atoms with E-state index in [4.69, 9.17) is 4.74 Å². The van der Waals surface area contributed by atoms with Crippen molar-refractivity contribution in [2.45, 2.75) is 45.3 Å². The molecule has 1 saturated carbocycles. The van der Waals surface area contributed by atoms with Crippen LogP contribution in [0.4, 0.5) is 5.95 Å². The molecule has 7 nitrogen and oxygen atoms in total. The lowest BCUT2D eigenvalue weighted by molar-refractivity contribution is -0.145. The number of hydrogen-bond acceptors (Lipinski definition) is 7. The lowest BCUT2D eigenvalue weighted by Crippen LogP contribution is -2.55. The Morgan fingerprint density at radius 2 is 1.97 bits per heavy atom. The number of aromatic nitrogens is 2. The molecule has 2 saturated heterocycles. The summed E-state index contributed by atoms with van der Waals surface area (Å²) >= 11 is 0. The van der Waals surface area contributed by atoms with Crippen LogP contribution in [0, 0.1) is 23.2 Å². The van der Waals surface area contributed by atoms with E-state index in [1.165, 1.54) is 5.57 Å². The van der Waals surface area contributed by atoms with E-state index in [0.717, 1.165) is 51.4 Å². The van der Waals surface area contributed by atoms with Gasteiger partial charge in [0.05, 0.1) is 12.0 Å². The Balaban J connectivity index is 1.28. The molecule has 1 N–H and O–H groups in total. The number of esters is 1. The summed E-state index contributed by atoms with van der Waals surface area (Å²) in [6.45, 7) is 8.48. The predicted molar refractivity (Wildman–Crippen MR) is 113 cm³/mol. The highest BCUT2D eigenvalue weighted by Gasteiger charge is 2.59. The zero-order valence-corrected chi connectivity index (χ0v) is 17.9. The molecular weight excluding hydrogens is 380 g/mol. The standard InChI is InChI=1S/C23H32N4O3/c1-15-5-3-6-16-13-18-19(20(28)23(15,16)2)17(21(29)30-18)14-26-9-11-27(12-10-26)22-24-7-4-8-25-22/h4,6-8,15,17-20,28H,3,5,9-14H2,1-2H3/t15-,17+,18+,19+,20-,23+/m0/s1. The van der Waals surface area contributed by atoms with Crippen molar-refractivity contribution in [1.29, 1.82) is 0 Å². The number of carbonyl (C=O) groups is 1. The molecule has 4 aliphatic rings. The number of aliphatic hydroxyl groups excluding tert-OH is 1. The van der Waals surface area contributed by atoms with Crippen molar-refractivity contribution >= 4 is 11.9 Å². The maximum Gasteiger partial charge on any atom is 0.311 e. The SMILES string of the molecule is C[C@H]1CCC=C2C[C@H]3OC(=O)[C@H](CN4CCN(c5ncccn5)CC4)[C@H]3[C@H](O)[C@@]21C. The van der Waals surface area contributed by atoms with Gasteiger partial charge in [-0.15, -0.1) is 0 Å². The van der Waals surface area contributed by atoms with Gasteiger partial charge in [0.15, 0.2) is 0 Å². The molecule has 0 bridgehead atoms. The molecular formula is C23H32N4O3. The summed E-state index contributed by atoms with van der Waals surface area (Å²) in [6.07, 6.45) is 8.04. The molecule has 30 heavy (non-hydrogen) atoms. The maximum atomic E-state index is 12.8. The van der Waals surface area contributed by atoms with Crippen LogP contribution in [0.3, 0.4) is 0 Å². The highest BCUT2D eigenvalue weighted by Crippen LogP contribution is 2.56. The number of allylic oxidation sites excluding steroid dienone is 1. The number of aliphatic hydroxyl groups is 1. The van der Waals surface area contributed by atoms with Crippen molar-refractivity contribution in [3.63, 3.8) is 0 Å². The lowest BCUT2D eigenvalue weighted by Gasteiger charge is -2.52. The van der Waals surface area contributed by atoms with Gasteiger partial charge in [-0.3, -0.25) is 9.69 Å². The second-order valence-corrected chi connectivity index (χ2v) is 9.64. The smallest absolute Gasteiger partial charge is 0.311 e. The summed E-state index contributed by atoms with van der Waals surface area (Å²) in [5, 5.41) is 11.5. The minimum atomic E-state index is -0.534. The molecule has 0 spiro atoms. The van der Waals surface area contributed by atoms with E-state index in [1.54, 1.807) is 12.4 Å². The number of anilines is 1. The average Bonchev–Trinajstić information content (AvgIpc) is 3.07. The van der Waals surface area contributed by atoms with E-state index < -0.39 is 6.10 Å². The fourth-order valence-electron chi connectivity index (χ4n) is 6.14. The molecule has 6 atom stereocenters. The summed E-state index contributed by atoms with van der Waals surface area (Å²) in [5.41, 5.74) is 1.05. The molecule has 0 radical (unpaired) electrons. The van der Waals surface area contributed by atoms with Crippen LogP contribution in [0.2, 0.25) is 0 Å². The zero-order chi connectivity index (χ0) is 20.9. The summed E-state index contributed by atoms with van der Waals surface area (Å²) in [5.74, 6) is 0.680. The zero-order valence-electron chi connectivity index (χ0n) is 17.9. The van der Waals surface area contributed by atoms with E-state index in [1.807, 2.05) is 6.07 Å². The number of ether oxygens (including phenoxy) is 1. The van der Waals surface area contributed by atoms with Gasteiger partial charge in [-0.1, -0.05) is 25.5 Å². The number of fused-ring (bicyclic) bond motifs is 2. The molecule has 3 fully saturated rings. The third-order valence-corrected chi connectivity index (χ3v) is 8.23. The quantitative estimate of drug-likeness (QED) is 0.600. The van der Waals surface area contributed by atoms with Gasteiger partial charge >= 0.3 is 5.97 Å². The molecule has 5 rings (SSSR count). The van der Waals surface area contributed by atoms with E-state index in [2.05, 4.69) is 39.7 Å². The second kappa shape index (κ2) is 7.61. The van der Waals surface area contributed by atoms with Gasteiger partial charge in [0.2, 0.25) is 5.95 Å². The third kappa shape index (κ3) is 3.14. The van der Waals surface area contributed by atoms with E-state index in [9.17, 15) is 9.90 Å². The van der Waals surface area contributed by atoms with Crippen molar-refractivity contribution in [3.05, 3.63) is 30.1 Å². The number of nitrogens with zero attached hydrogens (tertiary/aromatic N) is 4. The molecule has 2 aliphatic carbocycles. The largest absolute Gasteiger partial charge is 0.461 e. The molecule has 1 aromatic heterocycles. The maximum absolute atomic E-state index is 12.8. The van der Waals surface area contributed by atoms with Crippen molar-refractivity contribution < 1.29 is 14.6 Å². The van der Waals surface area contributed by atoms with Crippen molar-refractivity contribution in [2.75, 3.05) is 37.6 Å². The van der Waals surface area contributed by atoms with Gasteiger partial charge in [0, 0.05) is 62.9 Å². The fraction of sp³-hybridized carbons (Fsp3) is 0.696. The van der Waals surface area contributed by atoms with Gasteiger partial charge in [0.25, 0.3) is 0 Å².